The van der Waals surface area contributed by atoms with E-state index in [4.69, 9.17) is 0 Å². The number of carbonyl (C=O) groups is 1. The number of alkyl halides is 3. The van der Waals surface area contributed by atoms with Crippen molar-refractivity contribution < 1.29 is 18.0 Å². The highest BCUT2D eigenvalue weighted by Crippen LogP contribution is 2.32. The normalized spacial score (nSPS) is 17.0. The highest BCUT2D eigenvalue weighted by molar-refractivity contribution is 14.1. The molecule has 14 heteroatoms. The topological polar surface area (TPSA) is 81.7 Å². The van der Waals surface area contributed by atoms with Crippen molar-refractivity contribution in [1.29, 1.82) is 0 Å². The zero-order valence-corrected chi connectivity index (χ0v) is 20.9. The summed E-state index contributed by atoms with van der Waals surface area (Å²) in [6.07, 6.45) is -3.86. The maximum Gasteiger partial charge on any atom is 0.416 e. The average molecular weight is 675 g/mol. The molecule has 1 aliphatic rings. The molecule has 164 valence electrons. The van der Waals surface area contributed by atoms with Crippen LogP contribution in [0.4, 0.5) is 13.2 Å². The van der Waals surface area contributed by atoms with E-state index in [1.165, 1.54) is 15.5 Å². The Morgan fingerprint density at radius 1 is 1.16 bits per heavy atom. The predicted molar refractivity (Wildman–Crippen MR) is 118 cm³/mol. The van der Waals surface area contributed by atoms with Gasteiger partial charge in [0.2, 0.25) is 5.91 Å². The van der Waals surface area contributed by atoms with Gasteiger partial charge in [0.15, 0.2) is 9.21 Å². The Labute approximate surface area is 204 Å². The Hall–Kier alpha value is -1.55. The van der Waals surface area contributed by atoms with Crippen molar-refractivity contribution in [2.24, 2.45) is 0 Å². The Morgan fingerprint density at radius 3 is 2.55 bits per heavy atom. The van der Waals surface area contributed by atoms with E-state index in [-0.39, 0.29) is 25.2 Å². The number of rotatable bonds is 5. The molecule has 1 aliphatic heterocycles. The largest absolute Gasteiger partial charge is 0.416 e. The molecule has 0 radical (unpaired) electrons. The molecule has 8 nitrogen and oxygen atoms in total. The number of nitrogens with zero attached hydrogens (tertiary/aromatic N) is 7. The van der Waals surface area contributed by atoms with E-state index in [1.807, 2.05) is 22.6 Å². The molecule has 1 unspecified atom stereocenters. The Balaban J connectivity index is 1.53. The second-order valence-corrected chi connectivity index (χ2v) is 9.35. The van der Waals surface area contributed by atoms with E-state index >= 15 is 0 Å². The number of aromatic nitrogens is 6. The van der Waals surface area contributed by atoms with Crippen molar-refractivity contribution in [3.63, 3.8) is 0 Å². The SMILES string of the molecule is O=C1CCC(n2nc(Br)c(Br)n2)N1Cc1nnn(Cc2cccc(C(F)(F)F)c2)c1I. The number of likely N-dealkylation sites (tertiary alicyclic amines) is 1. The van der Waals surface area contributed by atoms with E-state index in [0.717, 1.165) is 12.1 Å². The molecule has 0 N–H and O–H groups in total. The van der Waals surface area contributed by atoms with E-state index in [2.05, 4.69) is 52.4 Å². The lowest BCUT2D eigenvalue weighted by molar-refractivity contribution is -0.137. The third-order valence-electron chi connectivity index (χ3n) is 4.76. The minimum atomic E-state index is -4.41. The van der Waals surface area contributed by atoms with Crippen LogP contribution in [0.15, 0.2) is 33.5 Å². The summed E-state index contributed by atoms with van der Waals surface area (Å²) in [6.45, 7) is 0.328. The fourth-order valence-corrected chi connectivity index (χ4v) is 4.31. The lowest BCUT2D eigenvalue weighted by atomic mass is 10.1. The molecule has 4 rings (SSSR count). The van der Waals surface area contributed by atoms with Gasteiger partial charge in [0.25, 0.3) is 0 Å². The van der Waals surface area contributed by atoms with Crippen molar-refractivity contribution in [1.82, 2.24) is 34.9 Å². The standard InChI is InChI=1S/C17H13Br2F3IN7O/c18-14-15(19)26-30(25-14)12-4-5-13(31)28(12)8-11-16(23)29(27-24-11)7-9-2-1-3-10(6-9)17(20,21)22/h1-3,6,12H,4-5,7-8H2. The third kappa shape index (κ3) is 4.79. The van der Waals surface area contributed by atoms with Crippen LogP contribution in [-0.2, 0) is 24.1 Å². The van der Waals surface area contributed by atoms with Crippen LogP contribution in [0.1, 0.15) is 35.8 Å². The zero-order chi connectivity index (χ0) is 22.3. The second-order valence-electron chi connectivity index (χ2n) is 6.83. The van der Waals surface area contributed by atoms with Crippen LogP contribution < -0.4 is 0 Å². The van der Waals surface area contributed by atoms with E-state index < -0.39 is 11.7 Å². The van der Waals surface area contributed by atoms with Gasteiger partial charge in [0.05, 0.1) is 18.7 Å². The molecule has 1 saturated heterocycles. The summed E-state index contributed by atoms with van der Waals surface area (Å²) < 4.78 is 42.1. The summed E-state index contributed by atoms with van der Waals surface area (Å²) in [5, 5.41) is 16.8. The molecule has 1 aromatic carbocycles. The van der Waals surface area contributed by atoms with Crippen LogP contribution in [0, 0.1) is 3.70 Å². The van der Waals surface area contributed by atoms with Gasteiger partial charge in [-0.05, 0) is 78.6 Å². The van der Waals surface area contributed by atoms with Gasteiger partial charge in [-0.25, -0.2) is 4.68 Å². The molecule has 2 aromatic heterocycles. The fraction of sp³-hybridized carbons (Fsp3) is 0.353. The molecule has 3 heterocycles. The van der Waals surface area contributed by atoms with Gasteiger partial charge in [-0.15, -0.1) is 15.3 Å². The monoisotopic (exact) mass is 673 g/mol. The molecular weight excluding hydrogens is 662 g/mol. The van der Waals surface area contributed by atoms with Gasteiger partial charge in [-0.3, -0.25) is 4.79 Å². The second kappa shape index (κ2) is 8.77. The minimum absolute atomic E-state index is 0.0576. The summed E-state index contributed by atoms with van der Waals surface area (Å²) in [6, 6.07) is 5.09. The molecule has 0 bridgehead atoms. The maximum absolute atomic E-state index is 13.0. The summed E-state index contributed by atoms with van der Waals surface area (Å²) in [4.78, 5) is 15.6. The van der Waals surface area contributed by atoms with E-state index in [0.29, 0.717) is 37.0 Å². The Morgan fingerprint density at radius 2 is 1.87 bits per heavy atom. The number of halogens is 6. The Bertz CT molecular complexity index is 1110. The maximum atomic E-state index is 13.0. The molecular formula is C17H13Br2F3IN7O. The number of hydrogen-bond acceptors (Lipinski definition) is 5. The van der Waals surface area contributed by atoms with Crippen LogP contribution in [0.2, 0.25) is 0 Å². The minimum Gasteiger partial charge on any atom is -0.313 e. The predicted octanol–water partition coefficient (Wildman–Crippen LogP) is 4.39. The van der Waals surface area contributed by atoms with Crippen LogP contribution in [-0.4, -0.2) is 40.8 Å². The summed E-state index contributed by atoms with van der Waals surface area (Å²) in [5.74, 6) is -0.0576. The first-order chi connectivity index (χ1) is 14.6. The highest BCUT2D eigenvalue weighted by atomic mass is 127. The smallest absolute Gasteiger partial charge is 0.313 e. The molecule has 3 aromatic rings. The summed E-state index contributed by atoms with van der Waals surface area (Å²) in [5.41, 5.74) is 0.294. The van der Waals surface area contributed by atoms with Crippen molar-refractivity contribution in [2.75, 3.05) is 0 Å². The van der Waals surface area contributed by atoms with Gasteiger partial charge < -0.3 is 4.90 Å². The van der Waals surface area contributed by atoms with Crippen LogP contribution in [0.5, 0.6) is 0 Å². The van der Waals surface area contributed by atoms with Gasteiger partial charge in [-0.1, -0.05) is 17.3 Å². The van der Waals surface area contributed by atoms with Crippen LogP contribution in [0.3, 0.4) is 0 Å². The molecule has 0 aliphatic carbocycles. The fourth-order valence-electron chi connectivity index (χ4n) is 3.29. The van der Waals surface area contributed by atoms with E-state index in [9.17, 15) is 18.0 Å². The molecule has 1 atom stereocenters. The zero-order valence-electron chi connectivity index (χ0n) is 15.5. The summed E-state index contributed by atoms with van der Waals surface area (Å²) in [7, 11) is 0. The number of carbonyl (C=O) groups excluding carboxylic acids is 1. The number of amides is 1. The lowest BCUT2D eigenvalue weighted by Crippen LogP contribution is -2.32. The van der Waals surface area contributed by atoms with Gasteiger partial charge >= 0.3 is 6.18 Å². The average Bonchev–Trinajstić information content (AvgIpc) is 3.35. The highest BCUT2D eigenvalue weighted by Gasteiger charge is 2.35. The molecule has 0 spiro atoms. The van der Waals surface area contributed by atoms with Crippen molar-refractivity contribution in [2.45, 2.75) is 38.3 Å². The lowest BCUT2D eigenvalue weighted by Gasteiger charge is -2.23. The number of benzene rings is 1. The van der Waals surface area contributed by atoms with Crippen molar-refractivity contribution >= 4 is 60.4 Å². The van der Waals surface area contributed by atoms with E-state index in [1.54, 1.807) is 11.0 Å². The molecule has 1 amide bonds. The van der Waals surface area contributed by atoms with Crippen molar-refractivity contribution in [3.05, 3.63) is 54.0 Å². The quantitative estimate of drug-likeness (QED) is 0.376. The van der Waals surface area contributed by atoms with Gasteiger partial charge in [-0.2, -0.15) is 18.0 Å². The molecule has 31 heavy (non-hydrogen) atoms. The first-order valence-corrected chi connectivity index (χ1v) is 11.6. The first-order valence-electron chi connectivity index (χ1n) is 8.95. The van der Waals surface area contributed by atoms with Crippen molar-refractivity contribution in [3.8, 4) is 0 Å². The number of hydrogen-bond donors (Lipinski definition) is 0. The third-order valence-corrected chi connectivity index (χ3v) is 7.54. The van der Waals surface area contributed by atoms with Gasteiger partial charge in [0.1, 0.15) is 15.6 Å². The molecule has 1 fully saturated rings. The first kappa shape index (κ1) is 22.6. The van der Waals surface area contributed by atoms with Crippen LogP contribution >= 0.6 is 54.5 Å². The summed E-state index contributed by atoms with van der Waals surface area (Å²) >= 11 is 8.61. The van der Waals surface area contributed by atoms with Gasteiger partial charge in [0, 0.05) is 6.42 Å². The molecule has 0 saturated carbocycles. The Kier molecular flexibility index (Phi) is 6.40. The van der Waals surface area contributed by atoms with Crippen LogP contribution in [0.25, 0.3) is 0 Å².